The lowest BCUT2D eigenvalue weighted by Gasteiger charge is -2.16. The summed E-state index contributed by atoms with van der Waals surface area (Å²) < 4.78 is 2.40. The van der Waals surface area contributed by atoms with Gasteiger partial charge in [-0.1, -0.05) is 182 Å². The van der Waals surface area contributed by atoms with E-state index in [4.69, 9.17) is 4.99 Å². The number of hydrogen-bond acceptors (Lipinski definition) is 1. The van der Waals surface area contributed by atoms with E-state index in [9.17, 15) is 0 Å². The number of aromatic nitrogens is 1. The van der Waals surface area contributed by atoms with Crippen molar-refractivity contribution in [2.24, 2.45) is 4.99 Å². The van der Waals surface area contributed by atoms with E-state index in [2.05, 4.69) is 249 Å². The van der Waals surface area contributed by atoms with Crippen LogP contribution in [-0.2, 0) is 5.54 Å². The molecular weight excluding hydrogens is 737 g/mol. The van der Waals surface area contributed by atoms with E-state index >= 15 is 0 Å². The second-order valence-electron chi connectivity index (χ2n) is 15.8. The van der Waals surface area contributed by atoms with Crippen LogP contribution >= 0.6 is 0 Å². The average molecular weight is 781 g/mol. The van der Waals surface area contributed by atoms with E-state index < -0.39 is 5.54 Å². The van der Waals surface area contributed by atoms with Gasteiger partial charge >= 0.3 is 0 Å². The zero-order chi connectivity index (χ0) is 41.2. The van der Waals surface area contributed by atoms with Crippen molar-refractivity contribution in [1.29, 1.82) is 0 Å². The first-order valence-electron chi connectivity index (χ1n) is 21.0. The summed E-state index contributed by atoms with van der Waals surface area (Å²) in [7, 11) is 0. The molecule has 9 aromatic rings. The second kappa shape index (κ2) is 16.1. The highest BCUT2D eigenvalue weighted by Gasteiger charge is 2.36. The summed E-state index contributed by atoms with van der Waals surface area (Å²) >= 11 is 0. The molecule has 0 bridgehead atoms. The van der Waals surface area contributed by atoms with Gasteiger partial charge in [0.05, 0.1) is 16.7 Å². The van der Waals surface area contributed by atoms with Crippen molar-refractivity contribution in [2.75, 3.05) is 0 Å². The molecule has 2 heteroatoms. The maximum absolute atomic E-state index is 5.45. The molecule has 0 spiro atoms. The number of benzene rings is 8. The number of fused-ring (bicyclic) bond motifs is 3. The monoisotopic (exact) mass is 780 g/mol. The van der Waals surface area contributed by atoms with Crippen LogP contribution < -0.4 is 0 Å². The van der Waals surface area contributed by atoms with Crippen LogP contribution in [0, 0.1) is 6.92 Å². The molecule has 0 unspecified atom stereocenters. The molecule has 0 amide bonds. The Bertz CT molecular complexity index is 3220. The number of para-hydroxylation sites is 1. The van der Waals surface area contributed by atoms with Crippen molar-refractivity contribution >= 4 is 45.2 Å². The third-order valence-corrected chi connectivity index (χ3v) is 11.8. The molecule has 1 aromatic heterocycles. The first kappa shape index (κ1) is 37.5. The van der Waals surface area contributed by atoms with Gasteiger partial charge in [0.1, 0.15) is 5.54 Å². The standard InChI is InChI=1S/C59H44N2/c1-42(45-21-8-4-9-22-45)32-36-55(60-59(38-39-59)49-25-10-5-11-26-49)48-24-16-27-50(40-48)61-56-31-15-14-29-53(56)54-41-47(35-37-57(54)61)52-30-17-23-46(34-33-44-19-6-3-7-20-44)58(52)51-28-13-12-18-43(51)2/h3-31,33-41H,1-2H3/b34-33-,60-55?. The molecule has 0 aliphatic heterocycles. The number of aryl methyl sites for hydroxylation is 1. The molecule has 10 rings (SSSR count). The highest BCUT2D eigenvalue weighted by atomic mass is 15.0. The summed E-state index contributed by atoms with van der Waals surface area (Å²) in [6, 6.07) is 71.4. The van der Waals surface area contributed by atoms with Gasteiger partial charge in [0, 0.05) is 28.1 Å². The third-order valence-electron chi connectivity index (χ3n) is 11.8. The van der Waals surface area contributed by atoms with E-state index in [1.807, 2.05) is 6.07 Å². The van der Waals surface area contributed by atoms with Crippen molar-refractivity contribution < 1.29 is 0 Å². The molecule has 61 heavy (non-hydrogen) atoms. The Balaban J connectivity index is 1.12. The maximum atomic E-state index is 5.45. The fraction of sp³-hybridized carbons (Fsp3) is 0.0508. The van der Waals surface area contributed by atoms with Crippen molar-refractivity contribution in [1.82, 2.24) is 4.57 Å². The third kappa shape index (κ3) is 7.42. The lowest BCUT2D eigenvalue weighted by molar-refractivity contribution is 0.822. The molecule has 0 saturated heterocycles. The molecule has 1 aliphatic carbocycles. The second-order valence-corrected chi connectivity index (χ2v) is 15.8. The zero-order valence-electron chi connectivity index (χ0n) is 34.3. The molecular formula is C59H44N2. The van der Waals surface area contributed by atoms with Crippen LogP contribution in [0.2, 0.25) is 0 Å². The first-order valence-corrected chi connectivity index (χ1v) is 21.0. The van der Waals surface area contributed by atoms with Gasteiger partial charge in [0.15, 0.2) is 0 Å². The highest BCUT2D eigenvalue weighted by molar-refractivity contribution is 6.12. The number of rotatable bonds is 10. The van der Waals surface area contributed by atoms with Gasteiger partial charge in [-0.2, -0.15) is 0 Å². The van der Waals surface area contributed by atoms with Gasteiger partial charge in [0.2, 0.25) is 0 Å². The largest absolute Gasteiger partial charge is 0.309 e. The summed E-state index contributed by atoms with van der Waals surface area (Å²) in [6.45, 7) is 4.31. The quantitative estimate of drug-likeness (QED) is 0.0569. The SMILES string of the molecule is CC(=C=CC(=NC1(c2ccccc2)C=C1)c1cccc(-n2c3ccccc3c3cc(-c4cccc(/C=C\c5ccccc5)c4-c4ccccc4C)ccc32)c1)c1ccccc1. The van der Waals surface area contributed by atoms with Crippen LogP contribution in [0.3, 0.4) is 0 Å². The molecule has 1 aliphatic rings. The van der Waals surface area contributed by atoms with Gasteiger partial charge in [-0.25, -0.2) is 0 Å². The Kier molecular flexibility index (Phi) is 9.91. The normalized spacial score (nSPS) is 13.1. The Labute approximate surface area is 358 Å². The van der Waals surface area contributed by atoms with Gasteiger partial charge < -0.3 is 4.57 Å². The topological polar surface area (TPSA) is 17.3 Å². The maximum Gasteiger partial charge on any atom is 0.123 e. The van der Waals surface area contributed by atoms with Crippen LogP contribution in [0.4, 0.5) is 0 Å². The summed E-state index contributed by atoms with van der Waals surface area (Å²) in [5, 5.41) is 2.42. The number of allylic oxidation sites excluding steroid dienone is 1. The highest BCUT2D eigenvalue weighted by Crippen LogP contribution is 2.42. The number of aliphatic imine (C=N–C) groups is 1. The fourth-order valence-corrected chi connectivity index (χ4v) is 8.52. The summed E-state index contributed by atoms with van der Waals surface area (Å²) in [5.41, 5.74) is 20.2. The van der Waals surface area contributed by atoms with Crippen LogP contribution in [0.15, 0.2) is 229 Å². The van der Waals surface area contributed by atoms with Crippen molar-refractivity contribution in [3.63, 3.8) is 0 Å². The molecule has 0 radical (unpaired) electrons. The number of hydrogen-bond donors (Lipinski definition) is 0. The molecule has 0 saturated carbocycles. The van der Waals surface area contributed by atoms with Crippen molar-refractivity contribution in [3.05, 3.63) is 258 Å². The molecule has 290 valence electrons. The van der Waals surface area contributed by atoms with E-state index in [0.717, 1.165) is 44.7 Å². The average Bonchev–Trinajstić information content (AvgIpc) is 4.04. The minimum atomic E-state index is -0.472. The number of nitrogens with zero attached hydrogens (tertiary/aromatic N) is 2. The molecule has 8 aromatic carbocycles. The zero-order valence-corrected chi connectivity index (χ0v) is 34.3. The Hall–Kier alpha value is -7.77. The van der Waals surface area contributed by atoms with E-state index in [-0.39, 0.29) is 0 Å². The van der Waals surface area contributed by atoms with E-state index in [1.54, 1.807) is 0 Å². The van der Waals surface area contributed by atoms with Crippen LogP contribution in [0.5, 0.6) is 0 Å². The Morgan fingerprint density at radius 2 is 1.21 bits per heavy atom. The van der Waals surface area contributed by atoms with Crippen LogP contribution in [0.25, 0.3) is 67.5 Å². The van der Waals surface area contributed by atoms with Gasteiger partial charge in [-0.15, -0.1) is 5.73 Å². The Morgan fingerprint density at radius 1 is 0.557 bits per heavy atom. The molecule has 0 atom stereocenters. The van der Waals surface area contributed by atoms with Gasteiger partial charge in [-0.05, 0) is 112 Å². The summed E-state index contributed by atoms with van der Waals surface area (Å²) in [4.78, 5) is 5.45. The molecule has 2 nitrogen and oxygen atoms in total. The van der Waals surface area contributed by atoms with Crippen LogP contribution in [0.1, 0.15) is 40.3 Å². The smallest absolute Gasteiger partial charge is 0.123 e. The van der Waals surface area contributed by atoms with Gasteiger partial charge in [-0.3, -0.25) is 4.99 Å². The molecule has 0 N–H and O–H groups in total. The molecule has 0 fully saturated rings. The lowest BCUT2D eigenvalue weighted by atomic mass is 9.88. The predicted octanol–water partition coefficient (Wildman–Crippen LogP) is 15.1. The van der Waals surface area contributed by atoms with E-state index in [1.165, 1.54) is 49.7 Å². The first-order chi connectivity index (χ1) is 30.0. The minimum Gasteiger partial charge on any atom is -0.309 e. The predicted molar refractivity (Wildman–Crippen MR) is 259 cm³/mol. The fourth-order valence-electron chi connectivity index (χ4n) is 8.52. The van der Waals surface area contributed by atoms with E-state index in [0.29, 0.717) is 0 Å². The summed E-state index contributed by atoms with van der Waals surface area (Å²) in [6.07, 6.45) is 10.9. The van der Waals surface area contributed by atoms with Gasteiger partial charge in [0.25, 0.3) is 0 Å². The van der Waals surface area contributed by atoms with Crippen LogP contribution in [-0.4, -0.2) is 10.3 Å². The lowest BCUT2D eigenvalue weighted by Crippen LogP contribution is -2.10. The summed E-state index contributed by atoms with van der Waals surface area (Å²) in [5.74, 6) is 0. The van der Waals surface area contributed by atoms with Crippen molar-refractivity contribution in [2.45, 2.75) is 19.4 Å². The Morgan fingerprint density at radius 3 is 2.00 bits per heavy atom. The minimum absolute atomic E-state index is 0.472. The van der Waals surface area contributed by atoms with Crippen molar-refractivity contribution in [3.8, 4) is 27.9 Å². The molecule has 1 heterocycles.